The zero-order chi connectivity index (χ0) is 19.3. The smallest absolute Gasteiger partial charge is 0.327 e. The van der Waals surface area contributed by atoms with E-state index in [0.717, 1.165) is 16.5 Å². The van der Waals surface area contributed by atoms with Gasteiger partial charge in [-0.15, -0.1) is 0 Å². The first-order chi connectivity index (χ1) is 12.3. The molecule has 8 nitrogen and oxygen atoms in total. The van der Waals surface area contributed by atoms with Crippen LogP contribution in [0.3, 0.4) is 0 Å². The number of nitrogens with two attached hydrogens (primary N) is 1. The van der Waals surface area contributed by atoms with E-state index in [9.17, 15) is 14.4 Å². The van der Waals surface area contributed by atoms with E-state index in [-0.39, 0.29) is 5.75 Å². The first-order valence-corrected chi connectivity index (χ1v) is 8.71. The second-order valence-corrected chi connectivity index (χ2v) is 6.35. The van der Waals surface area contributed by atoms with E-state index in [2.05, 4.69) is 28.2 Å². The van der Waals surface area contributed by atoms with E-state index in [1.54, 1.807) is 6.20 Å². The molecule has 9 heteroatoms. The Morgan fingerprint density at radius 2 is 1.92 bits per heavy atom. The van der Waals surface area contributed by atoms with Gasteiger partial charge < -0.3 is 26.5 Å². The minimum Gasteiger partial charge on any atom is -0.480 e. The number of amides is 2. The first kappa shape index (κ1) is 19.8. The molecule has 2 amide bonds. The summed E-state index contributed by atoms with van der Waals surface area (Å²) in [5.74, 6) is -2.35. The van der Waals surface area contributed by atoms with Crippen LogP contribution in [0, 0.1) is 0 Å². The molecule has 0 aliphatic carbocycles. The fraction of sp³-hybridized carbons (Fsp3) is 0.353. The van der Waals surface area contributed by atoms with Crippen molar-refractivity contribution in [2.75, 3.05) is 5.75 Å². The molecule has 1 aromatic carbocycles. The molecule has 1 aromatic heterocycles. The van der Waals surface area contributed by atoms with Crippen molar-refractivity contribution in [1.29, 1.82) is 0 Å². The van der Waals surface area contributed by atoms with Crippen molar-refractivity contribution >= 4 is 41.3 Å². The maximum Gasteiger partial charge on any atom is 0.327 e. The number of carbonyl (C=O) groups is 3. The number of carboxylic acids is 1. The van der Waals surface area contributed by atoms with Crippen LogP contribution in [-0.4, -0.2) is 51.8 Å². The van der Waals surface area contributed by atoms with E-state index >= 15 is 0 Å². The number of thiol groups is 1. The highest BCUT2D eigenvalue weighted by Gasteiger charge is 2.24. The van der Waals surface area contributed by atoms with Gasteiger partial charge in [0.1, 0.15) is 12.1 Å². The van der Waals surface area contributed by atoms with Crippen molar-refractivity contribution < 1.29 is 19.5 Å². The Kier molecular flexibility index (Phi) is 6.64. The fourth-order valence-corrected chi connectivity index (χ4v) is 2.75. The number of carboxylic acid groups (broad SMARTS) is 1. The summed E-state index contributed by atoms with van der Waals surface area (Å²) in [6.07, 6.45) is 2.11. The Balaban J connectivity index is 1.93. The molecule has 0 aliphatic rings. The summed E-state index contributed by atoms with van der Waals surface area (Å²) >= 11 is 3.87. The van der Waals surface area contributed by atoms with E-state index in [1.807, 2.05) is 24.3 Å². The number of aromatic amines is 1. The molecule has 0 spiro atoms. The summed E-state index contributed by atoms with van der Waals surface area (Å²) in [4.78, 5) is 38.3. The maximum absolute atomic E-state index is 12.3. The topological polar surface area (TPSA) is 137 Å². The lowest BCUT2D eigenvalue weighted by molar-refractivity contribution is -0.141. The van der Waals surface area contributed by atoms with Gasteiger partial charge in [-0.3, -0.25) is 9.59 Å². The SMILES string of the molecule is C[C@@H](NC(=O)[C@@H](N)Cc1c[nH]c2ccccc12)C(=O)N[C@@H](CS)C(=O)O. The molecule has 140 valence electrons. The highest BCUT2D eigenvalue weighted by Crippen LogP contribution is 2.18. The van der Waals surface area contributed by atoms with Crippen molar-refractivity contribution in [1.82, 2.24) is 15.6 Å². The van der Waals surface area contributed by atoms with Crippen LogP contribution in [0.2, 0.25) is 0 Å². The number of para-hydroxylation sites is 1. The summed E-state index contributed by atoms with van der Waals surface area (Å²) in [6.45, 7) is 1.46. The Morgan fingerprint density at radius 3 is 2.58 bits per heavy atom. The lowest BCUT2D eigenvalue weighted by Gasteiger charge is -2.19. The van der Waals surface area contributed by atoms with E-state index < -0.39 is 35.9 Å². The van der Waals surface area contributed by atoms with E-state index in [1.165, 1.54) is 6.92 Å². The van der Waals surface area contributed by atoms with Crippen molar-refractivity contribution in [3.63, 3.8) is 0 Å². The highest BCUT2D eigenvalue weighted by atomic mass is 32.1. The van der Waals surface area contributed by atoms with Crippen molar-refractivity contribution in [3.05, 3.63) is 36.0 Å². The predicted octanol–water partition coefficient (Wildman–Crippen LogP) is 0.0416. The second-order valence-electron chi connectivity index (χ2n) is 5.98. The van der Waals surface area contributed by atoms with Gasteiger partial charge in [0, 0.05) is 22.9 Å². The Bertz CT molecular complexity index is 807. The number of rotatable bonds is 8. The fourth-order valence-electron chi connectivity index (χ4n) is 2.50. The number of carbonyl (C=O) groups excluding carboxylic acids is 2. The number of H-pyrrole nitrogens is 1. The number of nitrogens with one attached hydrogen (secondary N) is 3. The Hall–Kier alpha value is -2.52. The molecule has 0 fully saturated rings. The van der Waals surface area contributed by atoms with Crippen LogP contribution in [0.5, 0.6) is 0 Å². The number of hydrogen-bond donors (Lipinski definition) is 6. The van der Waals surface area contributed by atoms with Crippen LogP contribution in [0.25, 0.3) is 10.9 Å². The molecule has 0 bridgehead atoms. The van der Waals surface area contributed by atoms with Crippen LogP contribution in [0.15, 0.2) is 30.5 Å². The molecule has 0 unspecified atom stereocenters. The van der Waals surface area contributed by atoms with Crippen molar-refractivity contribution in [3.8, 4) is 0 Å². The van der Waals surface area contributed by atoms with Crippen LogP contribution < -0.4 is 16.4 Å². The number of aliphatic carboxylic acids is 1. The Morgan fingerprint density at radius 1 is 1.23 bits per heavy atom. The first-order valence-electron chi connectivity index (χ1n) is 8.08. The third-order valence-corrected chi connectivity index (χ3v) is 4.37. The summed E-state index contributed by atoms with van der Waals surface area (Å²) in [5, 5.41) is 14.7. The van der Waals surface area contributed by atoms with Gasteiger partial charge in [-0.1, -0.05) is 18.2 Å². The zero-order valence-electron chi connectivity index (χ0n) is 14.2. The molecule has 0 saturated heterocycles. The van der Waals surface area contributed by atoms with Crippen molar-refractivity contribution in [2.24, 2.45) is 5.73 Å². The van der Waals surface area contributed by atoms with Crippen LogP contribution in [-0.2, 0) is 20.8 Å². The third-order valence-electron chi connectivity index (χ3n) is 4.00. The van der Waals surface area contributed by atoms with Crippen LogP contribution in [0.4, 0.5) is 0 Å². The van der Waals surface area contributed by atoms with Gasteiger partial charge in [0.2, 0.25) is 11.8 Å². The lowest BCUT2D eigenvalue weighted by Crippen LogP contribution is -2.54. The molecule has 3 atom stereocenters. The largest absolute Gasteiger partial charge is 0.480 e. The minimum atomic E-state index is -1.19. The predicted molar refractivity (Wildman–Crippen MR) is 101 cm³/mol. The van der Waals surface area contributed by atoms with Gasteiger partial charge >= 0.3 is 5.97 Å². The van der Waals surface area contributed by atoms with Gasteiger partial charge in [-0.05, 0) is 25.0 Å². The molecule has 2 rings (SSSR count). The normalized spacial score (nSPS) is 14.4. The molecule has 6 N–H and O–H groups in total. The lowest BCUT2D eigenvalue weighted by atomic mass is 10.0. The van der Waals surface area contributed by atoms with Crippen LogP contribution >= 0.6 is 12.6 Å². The minimum absolute atomic E-state index is 0.0538. The molecular weight excluding hydrogens is 356 g/mol. The average molecular weight is 378 g/mol. The number of aromatic nitrogens is 1. The highest BCUT2D eigenvalue weighted by molar-refractivity contribution is 7.80. The maximum atomic E-state index is 12.3. The zero-order valence-corrected chi connectivity index (χ0v) is 15.1. The molecule has 26 heavy (non-hydrogen) atoms. The van der Waals surface area contributed by atoms with Gasteiger partial charge in [-0.25, -0.2) is 4.79 Å². The standard InChI is InChI=1S/C17H22N4O4S/c1-9(15(22)21-14(8-26)17(24)25)20-16(23)12(18)6-10-7-19-13-5-3-2-4-11(10)13/h2-5,7,9,12,14,19,26H,6,8,18H2,1H3,(H,20,23)(H,21,22)(H,24,25)/t9-,12+,14+/m1/s1. The van der Waals surface area contributed by atoms with Gasteiger partial charge in [0.25, 0.3) is 0 Å². The van der Waals surface area contributed by atoms with E-state index in [4.69, 9.17) is 10.8 Å². The molecular formula is C17H22N4O4S. The Labute approximate surface area is 155 Å². The van der Waals surface area contributed by atoms with Crippen LogP contribution in [0.1, 0.15) is 12.5 Å². The second kappa shape index (κ2) is 8.72. The van der Waals surface area contributed by atoms with Gasteiger partial charge in [0.15, 0.2) is 0 Å². The monoisotopic (exact) mass is 378 g/mol. The summed E-state index contributed by atoms with van der Waals surface area (Å²) in [5.41, 5.74) is 7.82. The summed E-state index contributed by atoms with van der Waals surface area (Å²) in [6, 6.07) is 4.79. The summed E-state index contributed by atoms with van der Waals surface area (Å²) < 4.78 is 0. The number of hydrogen-bond acceptors (Lipinski definition) is 5. The van der Waals surface area contributed by atoms with E-state index in [0.29, 0.717) is 6.42 Å². The molecule has 1 heterocycles. The number of benzene rings is 1. The molecule has 0 radical (unpaired) electrons. The number of fused-ring (bicyclic) bond motifs is 1. The average Bonchev–Trinajstić information content (AvgIpc) is 3.02. The van der Waals surface area contributed by atoms with Gasteiger partial charge in [-0.2, -0.15) is 12.6 Å². The molecule has 2 aromatic rings. The summed E-state index contributed by atoms with van der Waals surface area (Å²) in [7, 11) is 0. The molecule has 0 saturated carbocycles. The molecule has 0 aliphatic heterocycles. The third kappa shape index (κ3) is 4.77. The van der Waals surface area contributed by atoms with Gasteiger partial charge in [0.05, 0.1) is 6.04 Å². The van der Waals surface area contributed by atoms with Crippen molar-refractivity contribution in [2.45, 2.75) is 31.5 Å². The quantitative estimate of drug-likeness (QED) is 0.360.